The van der Waals surface area contributed by atoms with Crippen LogP contribution in [0.4, 0.5) is 0 Å². The molecule has 1 fully saturated rings. The van der Waals surface area contributed by atoms with Crippen LogP contribution in [0, 0.1) is 25.2 Å². The van der Waals surface area contributed by atoms with E-state index in [1.807, 2.05) is 26.0 Å². The van der Waals surface area contributed by atoms with Crippen molar-refractivity contribution in [3.63, 3.8) is 0 Å². The average Bonchev–Trinajstić information content (AvgIpc) is 3.44. The fourth-order valence-corrected chi connectivity index (χ4v) is 3.19. The SMILES string of the molecule is Cc1cc(/C=C(\C#N)C(=O)OCC(=O)c2ccc(Cl)cc2)c(C)n1C1CC1. The van der Waals surface area contributed by atoms with Gasteiger partial charge in [-0.1, -0.05) is 11.6 Å². The summed E-state index contributed by atoms with van der Waals surface area (Å²) in [4.78, 5) is 24.3. The molecule has 27 heavy (non-hydrogen) atoms. The van der Waals surface area contributed by atoms with E-state index in [-0.39, 0.29) is 11.4 Å². The van der Waals surface area contributed by atoms with E-state index in [0.29, 0.717) is 16.6 Å². The monoisotopic (exact) mass is 382 g/mol. The summed E-state index contributed by atoms with van der Waals surface area (Å²) in [7, 11) is 0. The average molecular weight is 383 g/mol. The summed E-state index contributed by atoms with van der Waals surface area (Å²) in [5, 5.41) is 9.85. The van der Waals surface area contributed by atoms with E-state index in [2.05, 4.69) is 4.57 Å². The highest BCUT2D eigenvalue weighted by Crippen LogP contribution is 2.38. The molecule has 0 unspecified atom stereocenters. The molecule has 1 aromatic heterocycles. The predicted octanol–water partition coefficient (Wildman–Crippen LogP) is 4.43. The Morgan fingerprint density at radius 1 is 1.30 bits per heavy atom. The Balaban J connectivity index is 1.70. The third kappa shape index (κ3) is 4.29. The number of carbonyl (C=O) groups is 2. The molecule has 1 heterocycles. The van der Waals surface area contributed by atoms with E-state index in [0.717, 1.165) is 29.8 Å². The lowest BCUT2D eigenvalue weighted by Crippen LogP contribution is -2.15. The van der Waals surface area contributed by atoms with Crippen molar-refractivity contribution in [1.29, 1.82) is 5.26 Å². The molecule has 0 saturated heterocycles. The summed E-state index contributed by atoms with van der Waals surface area (Å²) in [6.07, 6.45) is 3.83. The van der Waals surface area contributed by atoms with Crippen LogP contribution in [0.15, 0.2) is 35.9 Å². The molecular weight excluding hydrogens is 364 g/mol. The van der Waals surface area contributed by atoms with Gasteiger partial charge < -0.3 is 9.30 Å². The summed E-state index contributed by atoms with van der Waals surface area (Å²) < 4.78 is 7.26. The van der Waals surface area contributed by atoms with Crippen molar-refractivity contribution in [2.45, 2.75) is 32.7 Å². The number of ether oxygens (including phenoxy) is 1. The molecule has 0 amide bonds. The molecule has 5 nitrogen and oxygen atoms in total. The Morgan fingerprint density at radius 2 is 1.96 bits per heavy atom. The summed E-state index contributed by atoms with van der Waals surface area (Å²) >= 11 is 5.79. The van der Waals surface area contributed by atoms with Gasteiger partial charge in [0.2, 0.25) is 0 Å². The molecule has 138 valence electrons. The molecule has 1 aliphatic carbocycles. The number of Topliss-reactive ketones (excluding diaryl/α,β-unsaturated/α-hetero) is 1. The predicted molar refractivity (Wildman–Crippen MR) is 103 cm³/mol. The van der Waals surface area contributed by atoms with E-state index in [1.54, 1.807) is 24.3 Å². The van der Waals surface area contributed by atoms with Crippen LogP contribution in [0.5, 0.6) is 0 Å². The number of ketones is 1. The van der Waals surface area contributed by atoms with Gasteiger partial charge in [0, 0.05) is 28.0 Å². The number of benzene rings is 1. The van der Waals surface area contributed by atoms with Crippen LogP contribution in [0.1, 0.15) is 46.2 Å². The largest absolute Gasteiger partial charge is 0.453 e. The number of rotatable bonds is 6. The molecule has 0 aliphatic heterocycles. The number of aryl methyl sites for hydroxylation is 1. The number of halogens is 1. The zero-order valence-electron chi connectivity index (χ0n) is 15.2. The number of esters is 1. The van der Waals surface area contributed by atoms with Crippen LogP contribution >= 0.6 is 11.6 Å². The van der Waals surface area contributed by atoms with Gasteiger partial charge in [-0.25, -0.2) is 4.79 Å². The van der Waals surface area contributed by atoms with Crippen molar-refractivity contribution in [3.8, 4) is 6.07 Å². The van der Waals surface area contributed by atoms with Crippen molar-refractivity contribution >= 4 is 29.4 Å². The molecule has 3 rings (SSSR count). The molecule has 2 aromatic rings. The number of aromatic nitrogens is 1. The highest BCUT2D eigenvalue weighted by atomic mass is 35.5. The molecule has 1 saturated carbocycles. The summed E-state index contributed by atoms with van der Waals surface area (Å²) in [5.74, 6) is -1.17. The van der Waals surface area contributed by atoms with Gasteiger partial charge in [-0.05, 0) is 68.7 Å². The number of nitrogens with zero attached hydrogens (tertiary/aromatic N) is 2. The zero-order chi connectivity index (χ0) is 19.6. The van der Waals surface area contributed by atoms with Crippen LogP contribution in [0.3, 0.4) is 0 Å². The Labute approximate surface area is 162 Å². The van der Waals surface area contributed by atoms with Crippen molar-refractivity contribution in [2.75, 3.05) is 6.61 Å². The van der Waals surface area contributed by atoms with Gasteiger partial charge in [0.1, 0.15) is 11.6 Å². The van der Waals surface area contributed by atoms with Crippen molar-refractivity contribution in [1.82, 2.24) is 4.57 Å². The Kier molecular flexibility index (Phi) is 5.48. The van der Waals surface area contributed by atoms with Crippen LogP contribution in [-0.2, 0) is 9.53 Å². The molecule has 0 N–H and O–H groups in total. The van der Waals surface area contributed by atoms with E-state index < -0.39 is 12.6 Å². The Bertz CT molecular complexity index is 961. The molecular formula is C21H19ClN2O3. The Morgan fingerprint density at radius 3 is 2.56 bits per heavy atom. The van der Waals surface area contributed by atoms with Gasteiger partial charge in [0.05, 0.1) is 0 Å². The topological polar surface area (TPSA) is 72.1 Å². The van der Waals surface area contributed by atoms with E-state index in [1.165, 1.54) is 6.08 Å². The smallest absolute Gasteiger partial charge is 0.349 e. The van der Waals surface area contributed by atoms with Crippen LogP contribution in [0.2, 0.25) is 5.02 Å². The first-order valence-electron chi connectivity index (χ1n) is 8.67. The van der Waals surface area contributed by atoms with E-state index >= 15 is 0 Å². The minimum Gasteiger partial charge on any atom is -0.453 e. The first kappa shape index (κ1) is 18.9. The maximum atomic E-state index is 12.2. The van der Waals surface area contributed by atoms with Crippen LogP contribution < -0.4 is 0 Å². The summed E-state index contributed by atoms with van der Waals surface area (Å²) in [6, 6.07) is 10.6. The quantitative estimate of drug-likeness (QED) is 0.321. The third-order valence-corrected chi connectivity index (χ3v) is 4.83. The molecule has 0 bridgehead atoms. The van der Waals surface area contributed by atoms with Gasteiger partial charge >= 0.3 is 5.97 Å². The van der Waals surface area contributed by atoms with E-state index in [4.69, 9.17) is 16.3 Å². The first-order valence-corrected chi connectivity index (χ1v) is 9.04. The molecule has 1 aliphatic rings. The molecule has 0 spiro atoms. The third-order valence-electron chi connectivity index (χ3n) is 4.58. The molecule has 1 aromatic carbocycles. The van der Waals surface area contributed by atoms with Gasteiger partial charge in [0.25, 0.3) is 0 Å². The molecule has 0 radical (unpaired) electrons. The lowest BCUT2D eigenvalue weighted by atomic mass is 10.1. The minimum absolute atomic E-state index is 0.130. The zero-order valence-corrected chi connectivity index (χ0v) is 15.9. The van der Waals surface area contributed by atoms with Crippen molar-refractivity contribution in [3.05, 3.63) is 63.4 Å². The molecule has 6 heteroatoms. The van der Waals surface area contributed by atoms with E-state index in [9.17, 15) is 14.9 Å². The number of carbonyl (C=O) groups excluding carboxylic acids is 2. The maximum Gasteiger partial charge on any atom is 0.349 e. The summed E-state index contributed by atoms with van der Waals surface area (Å²) in [6.45, 7) is 3.56. The highest BCUT2D eigenvalue weighted by molar-refractivity contribution is 6.30. The standard InChI is InChI=1S/C21H19ClN2O3/c1-13-9-16(14(2)24(13)19-7-8-19)10-17(11-23)21(26)27-12-20(25)15-3-5-18(22)6-4-15/h3-6,9-10,19H,7-8,12H2,1-2H3/b17-10+. The second-order valence-corrected chi connectivity index (χ2v) is 7.04. The fourth-order valence-electron chi connectivity index (χ4n) is 3.06. The number of hydrogen-bond acceptors (Lipinski definition) is 4. The van der Waals surface area contributed by atoms with Gasteiger partial charge in [-0.3, -0.25) is 4.79 Å². The van der Waals surface area contributed by atoms with Crippen LogP contribution in [-0.4, -0.2) is 22.9 Å². The van der Waals surface area contributed by atoms with Gasteiger partial charge in [-0.2, -0.15) is 5.26 Å². The lowest BCUT2D eigenvalue weighted by molar-refractivity contribution is -0.137. The maximum absolute atomic E-state index is 12.2. The number of nitriles is 1. The highest BCUT2D eigenvalue weighted by Gasteiger charge is 2.27. The Hall–Kier alpha value is -2.84. The fraction of sp³-hybridized carbons (Fsp3) is 0.286. The number of hydrogen-bond donors (Lipinski definition) is 0. The minimum atomic E-state index is -0.809. The summed E-state index contributed by atoms with van der Waals surface area (Å²) in [5.41, 5.74) is 3.20. The van der Waals surface area contributed by atoms with Crippen molar-refractivity contribution in [2.24, 2.45) is 0 Å². The van der Waals surface area contributed by atoms with Gasteiger partial charge in [0.15, 0.2) is 12.4 Å². The lowest BCUT2D eigenvalue weighted by Gasteiger charge is -2.07. The first-order chi connectivity index (χ1) is 12.9. The second kappa shape index (κ2) is 7.81. The normalized spacial score (nSPS) is 13.9. The molecule has 0 atom stereocenters. The van der Waals surface area contributed by atoms with Gasteiger partial charge in [-0.15, -0.1) is 0 Å². The second-order valence-electron chi connectivity index (χ2n) is 6.60. The van der Waals surface area contributed by atoms with Crippen LogP contribution in [0.25, 0.3) is 6.08 Å². The van der Waals surface area contributed by atoms with Crippen molar-refractivity contribution < 1.29 is 14.3 Å².